The summed E-state index contributed by atoms with van der Waals surface area (Å²) in [5, 5.41) is 5.35. The Balaban J connectivity index is 1.86. The molecule has 0 spiro atoms. The molecule has 0 unspecified atom stereocenters. The predicted molar refractivity (Wildman–Crippen MR) is 70.9 cm³/mol. The molecule has 0 saturated heterocycles. The molecule has 0 aliphatic carbocycles. The zero-order valence-electron chi connectivity index (χ0n) is 9.76. The largest absolute Gasteiger partial charge is 0.399 e. The Bertz CT molecular complexity index is 528. The molecule has 1 heterocycles. The van der Waals surface area contributed by atoms with Crippen LogP contribution in [0.25, 0.3) is 0 Å². The third-order valence-electron chi connectivity index (χ3n) is 2.32. The number of hydrogen-bond donors (Lipinski definition) is 3. The molecule has 92 valence electrons. The second kappa shape index (κ2) is 5.67. The predicted octanol–water partition coefficient (Wildman–Crippen LogP) is 1.99. The van der Waals surface area contributed by atoms with Crippen LogP contribution in [0, 0.1) is 0 Å². The molecule has 2 aromatic rings. The molecule has 1 aromatic heterocycles. The minimum atomic E-state index is -0.308. The molecule has 0 saturated carbocycles. The summed E-state index contributed by atoms with van der Waals surface area (Å²) in [7, 11) is 0. The van der Waals surface area contributed by atoms with Crippen LogP contribution >= 0.6 is 0 Å². The SMILES string of the molecule is Nc1ccnc(NC(=O)NCc2ccccc2)c1. The lowest BCUT2D eigenvalue weighted by atomic mass is 10.2. The number of carbonyl (C=O) groups excluding carboxylic acids is 1. The van der Waals surface area contributed by atoms with E-state index in [0.29, 0.717) is 18.1 Å². The molecular weight excluding hydrogens is 228 g/mol. The van der Waals surface area contributed by atoms with Gasteiger partial charge < -0.3 is 11.1 Å². The lowest BCUT2D eigenvalue weighted by Crippen LogP contribution is -2.28. The molecule has 1 aromatic carbocycles. The number of anilines is 2. The summed E-state index contributed by atoms with van der Waals surface area (Å²) < 4.78 is 0. The fraction of sp³-hybridized carbons (Fsp3) is 0.0769. The van der Waals surface area contributed by atoms with Gasteiger partial charge in [0.15, 0.2) is 0 Å². The van der Waals surface area contributed by atoms with E-state index in [4.69, 9.17) is 5.73 Å². The highest BCUT2D eigenvalue weighted by Crippen LogP contribution is 2.07. The highest BCUT2D eigenvalue weighted by atomic mass is 16.2. The maximum Gasteiger partial charge on any atom is 0.320 e. The van der Waals surface area contributed by atoms with Crippen molar-refractivity contribution < 1.29 is 4.79 Å². The van der Waals surface area contributed by atoms with Crippen LogP contribution in [0.2, 0.25) is 0 Å². The van der Waals surface area contributed by atoms with E-state index in [0.717, 1.165) is 5.56 Å². The van der Waals surface area contributed by atoms with Crippen molar-refractivity contribution in [3.63, 3.8) is 0 Å². The van der Waals surface area contributed by atoms with Gasteiger partial charge in [-0.2, -0.15) is 0 Å². The average molecular weight is 242 g/mol. The quantitative estimate of drug-likeness (QED) is 0.770. The first kappa shape index (κ1) is 11.9. The molecule has 0 radical (unpaired) electrons. The van der Waals surface area contributed by atoms with Crippen molar-refractivity contribution in [1.82, 2.24) is 10.3 Å². The third kappa shape index (κ3) is 3.48. The number of aromatic nitrogens is 1. The van der Waals surface area contributed by atoms with Gasteiger partial charge in [0.05, 0.1) is 0 Å². The zero-order chi connectivity index (χ0) is 12.8. The van der Waals surface area contributed by atoms with Gasteiger partial charge in [-0.25, -0.2) is 9.78 Å². The fourth-order valence-electron chi connectivity index (χ4n) is 1.45. The number of nitrogens with zero attached hydrogens (tertiary/aromatic N) is 1. The van der Waals surface area contributed by atoms with Crippen LogP contribution in [0.4, 0.5) is 16.3 Å². The molecule has 2 amide bonds. The average Bonchev–Trinajstić information content (AvgIpc) is 2.38. The maximum atomic E-state index is 11.6. The molecule has 0 aliphatic rings. The van der Waals surface area contributed by atoms with E-state index in [-0.39, 0.29) is 6.03 Å². The van der Waals surface area contributed by atoms with Gasteiger partial charge in [-0.3, -0.25) is 5.32 Å². The first-order valence-corrected chi connectivity index (χ1v) is 5.54. The van der Waals surface area contributed by atoms with E-state index in [1.807, 2.05) is 30.3 Å². The van der Waals surface area contributed by atoms with Gasteiger partial charge in [0.1, 0.15) is 5.82 Å². The van der Waals surface area contributed by atoms with Crippen molar-refractivity contribution in [2.24, 2.45) is 0 Å². The van der Waals surface area contributed by atoms with Crippen molar-refractivity contribution in [2.45, 2.75) is 6.54 Å². The van der Waals surface area contributed by atoms with Crippen LogP contribution in [0.1, 0.15) is 5.56 Å². The number of hydrogen-bond acceptors (Lipinski definition) is 3. The normalized spacial score (nSPS) is 9.78. The van der Waals surface area contributed by atoms with Crippen LogP contribution in [0.15, 0.2) is 48.7 Å². The van der Waals surface area contributed by atoms with Crippen LogP contribution in [-0.4, -0.2) is 11.0 Å². The summed E-state index contributed by atoms with van der Waals surface area (Å²) in [5.41, 5.74) is 7.18. The summed E-state index contributed by atoms with van der Waals surface area (Å²) >= 11 is 0. The number of amides is 2. The lowest BCUT2D eigenvalue weighted by molar-refractivity contribution is 0.251. The Hall–Kier alpha value is -2.56. The van der Waals surface area contributed by atoms with Crippen molar-refractivity contribution in [2.75, 3.05) is 11.1 Å². The monoisotopic (exact) mass is 242 g/mol. The molecule has 0 atom stereocenters. The number of urea groups is 1. The Kier molecular flexibility index (Phi) is 3.76. The molecular formula is C13H14N4O. The highest BCUT2D eigenvalue weighted by Gasteiger charge is 2.02. The summed E-state index contributed by atoms with van der Waals surface area (Å²) in [5.74, 6) is 0.431. The number of carbonyl (C=O) groups is 1. The maximum absolute atomic E-state index is 11.6. The molecule has 4 N–H and O–H groups in total. The molecule has 5 nitrogen and oxygen atoms in total. The first-order chi connectivity index (χ1) is 8.74. The molecule has 0 aliphatic heterocycles. The Morgan fingerprint density at radius 2 is 2.00 bits per heavy atom. The summed E-state index contributed by atoms with van der Waals surface area (Å²) in [4.78, 5) is 15.6. The number of nitrogen functional groups attached to an aromatic ring is 1. The summed E-state index contributed by atoms with van der Waals surface area (Å²) in [6, 6.07) is 12.6. The number of nitrogens with one attached hydrogen (secondary N) is 2. The minimum Gasteiger partial charge on any atom is -0.399 e. The van der Waals surface area contributed by atoms with Crippen LogP contribution < -0.4 is 16.4 Å². The molecule has 5 heteroatoms. The van der Waals surface area contributed by atoms with Crippen molar-refractivity contribution in [3.8, 4) is 0 Å². The summed E-state index contributed by atoms with van der Waals surface area (Å²) in [6.45, 7) is 0.467. The topological polar surface area (TPSA) is 80.0 Å². The van der Waals surface area contributed by atoms with Crippen molar-refractivity contribution in [1.29, 1.82) is 0 Å². The van der Waals surface area contributed by atoms with E-state index in [9.17, 15) is 4.79 Å². The molecule has 0 bridgehead atoms. The Morgan fingerprint density at radius 1 is 1.22 bits per heavy atom. The van der Waals surface area contributed by atoms with E-state index >= 15 is 0 Å². The second-order valence-corrected chi connectivity index (χ2v) is 3.77. The number of nitrogens with two attached hydrogens (primary N) is 1. The number of pyridine rings is 1. The van der Waals surface area contributed by atoms with Crippen LogP contribution in [-0.2, 0) is 6.54 Å². The third-order valence-corrected chi connectivity index (χ3v) is 2.32. The zero-order valence-corrected chi connectivity index (χ0v) is 9.76. The van der Waals surface area contributed by atoms with Crippen molar-refractivity contribution >= 4 is 17.5 Å². The fourth-order valence-corrected chi connectivity index (χ4v) is 1.45. The van der Waals surface area contributed by atoms with E-state index < -0.39 is 0 Å². The second-order valence-electron chi connectivity index (χ2n) is 3.77. The minimum absolute atomic E-state index is 0.308. The molecule has 2 rings (SSSR count). The van der Waals surface area contributed by atoms with Gasteiger partial charge in [0.25, 0.3) is 0 Å². The molecule has 18 heavy (non-hydrogen) atoms. The van der Waals surface area contributed by atoms with Crippen LogP contribution in [0.3, 0.4) is 0 Å². The van der Waals surface area contributed by atoms with E-state index in [1.54, 1.807) is 18.3 Å². The lowest BCUT2D eigenvalue weighted by Gasteiger charge is -2.07. The molecule has 0 fully saturated rings. The van der Waals surface area contributed by atoms with E-state index in [2.05, 4.69) is 15.6 Å². The van der Waals surface area contributed by atoms with E-state index in [1.165, 1.54) is 0 Å². The number of benzene rings is 1. The summed E-state index contributed by atoms with van der Waals surface area (Å²) in [6.07, 6.45) is 1.54. The smallest absolute Gasteiger partial charge is 0.320 e. The van der Waals surface area contributed by atoms with Gasteiger partial charge in [-0.15, -0.1) is 0 Å². The number of rotatable bonds is 3. The Labute approximate surface area is 105 Å². The van der Waals surface area contributed by atoms with Gasteiger partial charge in [-0.05, 0) is 11.6 Å². The van der Waals surface area contributed by atoms with Crippen molar-refractivity contribution in [3.05, 3.63) is 54.2 Å². The van der Waals surface area contributed by atoms with Crippen LogP contribution in [0.5, 0.6) is 0 Å². The standard InChI is InChI=1S/C13H14N4O/c14-11-6-7-15-12(8-11)17-13(18)16-9-10-4-2-1-3-5-10/h1-8H,9H2,(H4,14,15,16,17,18). The first-order valence-electron chi connectivity index (χ1n) is 5.54. The highest BCUT2D eigenvalue weighted by molar-refractivity contribution is 5.88. The van der Waals surface area contributed by atoms with Gasteiger partial charge in [0.2, 0.25) is 0 Å². The van der Waals surface area contributed by atoms with Gasteiger partial charge >= 0.3 is 6.03 Å². The van der Waals surface area contributed by atoms with Gasteiger partial charge in [0, 0.05) is 24.5 Å². The van der Waals surface area contributed by atoms with Gasteiger partial charge in [-0.1, -0.05) is 30.3 Å². The Morgan fingerprint density at radius 3 is 2.72 bits per heavy atom.